The van der Waals surface area contributed by atoms with E-state index in [1.165, 1.54) is 0 Å². The van der Waals surface area contributed by atoms with Crippen LogP contribution in [0.1, 0.15) is 37.7 Å². The molecule has 3 unspecified atom stereocenters. The van der Waals surface area contributed by atoms with Crippen molar-refractivity contribution in [3.63, 3.8) is 0 Å². The van der Waals surface area contributed by atoms with Gasteiger partial charge in [0.15, 0.2) is 5.78 Å². The Morgan fingerprint density at radius 1 is 1.15 bits per heavy atom. The van der Waals surface area contributed by atoms with Crippen LogP contribution >= 0.6 is 0 Å². The van der Waals surface area contributed by atoms with Crippen molar-refractivity contribution in [3.8, 4) is 5.75 Å². The third-order valence-corrected chi connectivity index (χ3v) is 4.11. The summed E-state index contributed by atoms with van der Waals surface area (Å²) in [4.78, 5) is 11.8. The lowest BCUT2D eigenvalue weighted by Crippen LogP contribution is -2.36. The quantitative estimate of drug-likeness (QED) is 0.788. The van der Waals surface area contributed by atoms with Crippen molar-refractivity contribution < 1.29 is 20.1 Å². The number of carbonyl (C=O) groups excluding carboxylic acids is 1. The minimum absolute atomic E-state index is 0.212. The number of para-hydroxylation sites is 1. The van der Waals surface area contributed by atoms with Gasteiger partial charge in [0.25, 0.3) is 0 Å². The third kappa shape index (κ3) is 3.81. The van der Waals surface area contributed by atoms with Gasteiger partial charge >= 0.3 is 0 Å². The van der Waals surface area contributed by atoms with Crippen LogP contribution in [-0.2, 0) is 11.2 Å². The van der Waals surface area contributed by atoms with Crippen LogP contribution < -0.4 is 0 Å². The molecule has 1 saturated carbocycles. The van der Waals surface area contributed by atoms with Crippen LogP contribution in [0.2, 0.25) is 0 Å². The van der Waals surface area contributed by atoms with Crippen molar-refractivity contribution in [1.29, 1.82) is 0 Å². The molecule has 0 aliphatic heterocycles. The fraction of sp³-hybridized carbons (Fsp3) is 0.562. The molecule has 110 valence electrons. The number of aliphatic hydroxyl groups is 2. The van der Waals surface area contributed by atoms with Crippen LogP contribution in [0.15, 0.2) is 24.3 Å². The maximum Gasteiger partial charge on any atom is 0.164 e. The minimum Gasteiger partial charge on any atom is -0.508 e. The number of aryl methyl sites for hydroxylation is 1. The molecule has 1 aliphatic carbocycles. The summed E-state index contributed by atoms with van der Waals surface area (Å²) in [5.74, 6) is 0.240. The molecule has 4 nitrogen and oxygen atoms in total. The molecule has 0 bridgehead atoms. The van der Waals surface area contributed by atoms with Gasteiger partial charge in [0.2, 0.25) is 0 Å². The van der Waals surface area contributed by atoms with Gasteiger partial charge in [-0.25, -0.2) is 0 Å². The number of phenolic OH excluding ortho intramolecular Hbond substituents is 1. The highest BCUT2D eigenvalue weighted by Gasteiger charge is 2.28. The molecule has 1 aliphatic rings. The highest BCUT2D eigenvalue weighted by Crippen LogP contribution is 2.27. The molecule has 1 aromatic carbocycles. The summed E-state index contributed by atoms with van der Waals surface area (Å²) in [7, 11) is 0. The van der Waals surface area contributed by atoms with Gasteiger partial charge in [-0.1, -0.05) is 24.6 Å². The summed E-state index contributed by atoms with van der Waals surface area (Å²) in [5.41, 5.74) is 0.891. The lowest BCUT2D eigenvalue weighted by molar-refractivity contribution is -0.135. The number of phenols is 1. The summed E-state index contributed by atoms with van der Waals surface area (Å²) in [5, 5.41) is 29.0. The fourth-order valence-electron chi connectivity index (χ4n) is 2.82. The van der Waals surface area contributed by atoms with E-state index in [0.717, 1.165) is 31.2 Å². The smallest absolute Gasteiger partial charge is 0.164 e. The van der Waals surface area contributed by atoms with E-state index in [1.54, 1.807) is 12.1 Å². The van der Waals surface area contributed by atoms with E-state index < -0.39 is 12.2 Å². The summed E-state index contributed by atoms with van der Waals surface area (Å²) in [6.07, 6.45) is 1.87. The number of aliphatic hydroxyl groups excluding tert-OH is 2. The zero-order valence-electron chi connectivity index (χ0n) is 11.5. The molecule has 0 heterocycles. The standard InChI is InChI=1S/C16H22O4/c17-13-6-2-1-5-12(13)9-8-11-4-3-7-14(18)16(20)15(19)10-11/h1-2,5-6,11,14,16-18,20H,3-4,7-10H2. The largest absolute Gasteiger partial charge is 0.508 e. The third-order valence-electron chi connectivity index (χ3n) is 4.11. The lowest BCUT2D eigenvalue weighted by atomic mass is 9.84. The first kappa shape index (κ1) is 15.0. The fourth-order valence-corrected chi connectivity index (χ4v) is 2.82. The van der Waals surface area contributed by atoms with E-state index in [9.17, 15) is 20.1 Å². The zero-order chi connectivity index (χ0) is 14.5. The summed E-state index contributed by atoms with van der Waals surface area (Å²) >= 11 is 0. The highest BCUT2D eigenvalue weighted by molar-refractivity contribution is 5.83. The Morgan fingerprint density at radius 2 is 1.90 bits per heavy atom. The predicted octanol–water partition coefficient (Wildman–Crippen LogP) is 1.81. The van der Waals surface area contributed by atoms with Gasteiger partial charge in [-0.15, -0.1) is 0 Å². The first-order valence-corrected chi connectivity index (χ1v) is 7.23. The number of hydrogen-bond acceptors (Lipinski definition) is 4. The summed E-state index contributed by atoms with van der Waals surface area (Å²) < 4.78 is 0. The second kappa shape index (κ2) is 6.86. The topological polar surface area (TPSA) is 77.8 Å². The highest BCUT2D eigenvalue weighted by atomic mass is 16.3. The zero-order valence-corrected chi connectivity index (χ0v) is 11.5. The molecule has 0 aromatic heterocycles. The van der Waals surface area contributed by atoms with Crippen LogP contribution in [0.3, 0.4) is 0 Å². The number of ketones is 1. The van der Waals surface area contributed by atoms with Crippen molar-refractivity contribution in [2.24, 2.45) is 5.92 Å². The van der Waals surface area contributed by atoms with Crippen molar-refractivity contribution in [2.75, 3.05) is 0 Å². The number of rotatable bonds is 3. The van der Waals surface area contributed by atoms with E-state index >= 15 is 0 Å². The van der Waals surface area contributed by atoms with E-state index in [-0.39, 0.29) is 11.7 Å². The number of aromatic hydroxyl groups is 1. The Balaban J connectivity index is 1.92. The van der Waals surface area contributed by atoms with Crippen molar-refractivity contribution >= 4 is 5.78 Å². The molecule has 3 atom stereocenters. The van der Waals surface area contributed by atoms with Crippen LogP contribution in [0, 0.1) is 5.92 Å². The molecule has 0 radical (unpaired) electrons. The van der Waals surface area contributed by atoms with Gasteiger partial charge in [-0.3, -0.25) is 4.79 Å². The lowest BCUT2D eigenvalue weighted by Gasteiger charge is -2.25. The van der Waals surface area contributed by atoms with Gasteiger partial charge in [-0.2, -0.15) is 0 Å². The molecule has 0 amide bonds. The van der Waals surface area contributed by atoms with Gasteiger partial charge in [-0.05, 0) is 43.2 Å². The number of Topliss-reactive ketones (excluding diaryl/α,β-unsaturated/α-hetero) is 1. The first-order valence-electron chi connectivity index (χ1n) is 7.23. The second-order valence-electron chi connectivity index (χ2n) is 5.65. The van der Waals surface area contributed by atoms with Gasteiger partial charge in [0.1, 0.15) is 11.9 Å². The minimum atomic E-state index is -1.23. The SMILES string of the molecule is O=C1CC(CCc2ccccc2O)CCCC(O)C1O. The first-order chi connectivity index (χ1) is 9.58. The number of carbonyl (C=O) groups is 1. The Hall–Kier alpha value is -1.39. The molecule has 0 spiro atoms. The molecule has 3 N–H and O–H groups in total. The second-order valence-corrected chi connectivity index (χ2v) is 5.65. The molecule has 0 saturated heterocycles. The molecule has 20 heavy (non-hydrogen) atoms. The Kier molecular flexibility index (Phi) is 5.15. The Morgan fingerprint density at radius 3 is 2.65 bits per heavy atom. The molecular formula is C16H22O4. The van der Waals surface area contributed by atoms with Crippen LogP contribution in [-0.4, -0.2) is 33.3 Å². The Labute approximate surface area is 119 Å². The maximum atomic E-state index is 11.8. The van der Waals surface area contributed by atoms with E-state index in [1.807, 2.05) is 12.1 Å². The van der Waals surface area contributed by atoms with Crippen molar-refractivity contribution in [1.82, 2.24) is 0 Å². The van der Waals surface area contributed by atoms with Crippen LogP contribution in [0.5, 0.6) is 5.75 Å². The van der Waals surface area contributed by atoms with E-state index in [0.29, 0.717) is 18.6 Å². The molecule has 2 rings (SSSR count). The average Bonchev–Trinajstić information content (AvgIpc) is 2.43. The predicted molar refractivity (Wildman–Crippen MR) is 75.4 cm³/mol. The normalized spacial score (nSPS) is 27.9. The van der Waals surface area contributed by atoms with Gasteiger partial charge < -0.3 is 15.3 Å². The van der Waals surface area contributed by atoms with Gasteiger partial charge in [0, 0.05) is 6.42 Å². The molecule has 4 heteroatoms. The molecule has 1 fully saturated rings. The van der Waals surface area contributed by atoms with Gasteiger partial charge in [0.05, 0.1) is 6.10 Å². The van der Waals surface area contributed by atoms with Crippen molar-refractivity contribution in [2.45, 2.75) is 50.7 Å². The monoisotopic (exact) mass is 278 g/mol. The summed E-state index contributed by atoms with van der Waals surface area (Å²) in [6.45, 7) is 0. The van der Waals surface area contributed by atoms with Crippen LogP contribution in [0.4, 0.5) is 0 Å². The number of benzene rings is 1. The number of hydrogen-bond donors (Lipinski definition) is 3. The van der Waals surface area contributed by atoms with E-state index in [2.05, 4.69) is 0 Å². The molecule has 1 aromatic rings. The molecular weight excluding hydrogens is 256 g/mol. The van der Waals surface area contributed by atoms with E-state index in [4.69, 9.17) is 0 Å². The maximum absolute atomic E-state index is 11.8. The Bertz CT molecular complexity index is 458. The van der Waals surface area contributed by atoms with Crippen molar-refractivity contribution in [3.05, 3.63) is 29.8 Å². The van der Waals surface area contributed by atoms with Crippen LogP contribution in [0.25, 0.3) is 0 Å². The average molecular weight is 278 g/mol. The summed E-state index contributed by atoms with van der Waals surface area (Å²) in [6, 6.07) is 7.23.